The molecule has 32 heavy (non-hydrogen) atoms. The molecule has 1 unspecified atom stereocenters. The molecule has 0 saturated carbocycles. The van der Waals surface area contributed by atoms with E-state index in [9.17, 15) is 0 Å². The standard InChI is InChI=1S/C29H24.2ClH.Hf/c1-5-14-24-20(10-1)21-11-2-6-15-25(21)28(24)18-9-19-29-26-16-7-3-12-22(26)23-13-4-8-17-27(23)29;;;/h1-8,10-17,24,29H,9,18-19H2;2*1H;/p-2. The Morgan fingerprint density at radius 2 is 1.25 bits per heavy atom. The Hall–Kier alpha value is -1.67. The van der Waals surface area contributed by atoms with Gasteiger partial charge in [-0.3, -0.25) is 0 Å². The molecule has 0 saturated heterocycles. The summed E-state index contributed by atoms with van der Waals surface area (Å²) in [5, 5.41) is 2.90. The van der Waals surface area contributed by atoms with E-state index in [0.717, 1.165) is 0 Å². The molecular weight excluding hydrogens is 598 g/mol. The van der Waals surface area contributed by atoms with Gasteiger partial charge in [-0.25, -0.2) is 0 Å². The molecule has 1 atom stereocenters. The zero-order valence-electron chi connectivity index (χ0n) is 17.8. The number of fused-ring (bicyclic) bond motifs is 5. The van der Waals surface area contributed by atoms with Crippen LogP contribution in [0, 0.1) is 5.92 Å². The monoisotopic (exact) mass is 622 g/mol. The molecule has 0 fully saturated rings. The van der Waals surface area contributed by atoms with Crippen molar-refractivity contribution >= 4 is 11.1 Å². The molecule has 3 aliphatic carbocycles. The van der Waals surface area contributed by atoms with Gasteiger partial charge >= 0.3 is 0 Å². The summed E-state index contributed by atoms with van der Waals surface area (Å²) in [5.74, 6) is 1.01. The van der Waals surface area contributed by atoms with Crippen LogP contribution in [0.3, 0.4) is 0 Å². The van der Waals surface area contributed by atoms with Gasteiger partial charge in [0.2, 0.25) is 0 Å². The fourth-order valence-electron chi connectivity index (χ4n) is 5.64. The van der Waals surface area contributed by atoms with Crippen LogP contribution < -0.4 is 35.3 Å². The van der Waals surface area contributed by atoms with Crippen LogP contribution in [0.4, 0.5) is 0 Å². The summed E-state index contributed by atoms with van der Waals surface area (Å²) in [7, 11) is 0. The molecule has 0 N–H and O–H groups in total. The summed E-state index contributed by atoms with van der Waals surface area (Å²) in [6, 6.07) is 26.9. The second kappa shape index (κ2) is 10.5. The number of hydrogen-bond donors (Lipinski definition) is 0. The maximum absolute atomic E-state index is 2.38. The van der Waals surface area contributed by atoms with Crippen molar-refractivity contribution < 1.29 is 50.7 Å². The fourth-order valence-corrected chi connectivity index (χ4v) is 5.64. The molecule has 0 amide bonds. The Morgan fingerprint density at radius 3 is 1.94 bits per heavy atom. The molecular formula is C29H24Cl2Hf-2. The topological polar surface area (TPSA) is 0 Å². The Labute approximate surface area is 221 Å². The number of rotatable bonds is 4. The second-order valence-corrected chi connectivity index (χ2v) is 8.37. The molecule has 0 heterocycles. The first kappa shape index (κ1) is 25.0. The fraction of sp³-hybridized carbons (Fsp3) is 0.172. The molecule has 3 heteroatoms. The van der Waals surface area contributed by atoms with E-state index in [4.69, 9.17) is 0 Å². The van der Waals surface area contributed by atoms with Crippen LogP contribution in [-0.2, 0) is 25.8 Å². The second-order valence-electron chi connectivity index (χ2n) is 8.37. The average molecular weight is 622 g/mol. The zero-order valence-corrected chi connectivity index (χ0v) is 22.9. The number of allylic oxidation sites excluding steroid dienone is 4. The van der Waals surface area contributed by atoms with E-state index < -0.39 is 0 Å². The maximum atomic E-state index is 2.38. The molecule has 3 aromatic carbocycles. The predicted octanol–water partition coefficient (Wildman–Crippen LogP) is -0.268. The van der Waals surface area contributed by atoms with Gasteiger partial charge in [-0.05, 0) is 57.5 Å². The van der Waals surface area contributed by atoms with Crippen molar-refractivity contribution in [2.24, 2.45) is 5.92 Å². The van der Waals surface area contributed by atoms with Crippen LogP contribution in [-0.4, -0.2) is 0 Å². The van der Waals surface area contributed by atoms with Crippen molar-refractivity contribution in [1.29, 1.82) is 0 Å². The van der Waals surface area contributed by atoms with Gasteiger partial charge in [0.05, 0.1) is 0 Å². The largest absolute Gasteiger partial charge is 1.00 e. The Morgan fingerprint density at radius 1 is 0.656 bits per heavy atom. The SMILES string of the molecule is C1=CC2=c3ccccc3=C(CCCC3c4ccccc4-c4ccccc43)C2C=C1.[Cl-].[Cl-].[Hf]. The van der Waals surface area contributed by atoms with E-state index in [1.165, 1.54) is 57.5 Å². The van der Waals surface area contributed by atoms with Gasteiger partial charge in [0, 0.05) is 37.7 Å². The Balaban J connectivity index is 0.000000963. The zero-order chi connectivity index (χ0) is 19.2. The molecule has 0 aromatic heterocycles. The van der Waals surface area contributed by atoms with Crippen LogP contribution in [0.2, 0.25) is 0 Å². The van der Waals surface area contributed by atoms with Gasteiger partial charge in [0.15, 0.2) is 0 Å². The van der Waals surface area contributed by atoms with Crippen molar-refractivity contribution in [3.05, 3.63) is 119 Å². The van der Waals surface area contributed by atoms with E-state index in [1.807, 2.05) is 0 Å². The third-order valence-electron chi connectivity index (χ3n) is 6.89. The molecule has 6 rings (SSSR count). The van der Waals surface area contributed by atoms with Crippen molar-refractivity contribution in [2.45, 2.75) is 25.2 Å². The van der Waals surface area contributed by atoms with Crippen LogP contribution in [0.25, 0.3) is 22.3 Å². The molecule has 160 valence electrons. The van der Waals surface area contributed by atoms with E-state index in [0.29, 0.717) is 11.8 Å². The van der Waals surface area contributed by atoms with Gasteiger partial charge < -0.3 is 24.8 Å². The molecule has 0 bridgehead atoms. The van der Waals surface area contributed by atoms with Gasteiger partial charge in [0.25, 0.3) is 0 Å². The number of halogens is 2. The van der Waals surface area contributed by atoms with E-state index in [-0.39, 0.29) is 50.7 Å². The van der Waals surface area contributed by atoms with Gasteiger partial charge in [-0.1, -0.05) is 103 Å². The first-order valence-electron chi connectivity index (χ1n) is 10.8. The minimum atomic E-state index is 0. The maximum Gasteiger partial charge on any atom is 0.0246 e. The predicted molar refractivity (Wildman–Crippen MR) is 122 cm³/mol. The first-order valence-corrected chi connectivity index (χ1v) is 10.8. The summed E-state index contributed by atoms with van der Waals surface area (Å²) >= 11 is 0. The summed E-state index contributed by atoms with van der Waals surface area (Å²) < 4.78 is 0. The van der Waals surface area contributed by atoms with Crippen molar-refractivity contribution in [3.8, 4) is 11.1 Å². The summed E-state index contributed by atoms with van der Waals surface area (Å²) in [4.78, 5) is 0. The Kier molecular flexibility index (Phi) is 8.20. The van der Waals surface area contributed by atoms with Gasteiger partial charge in [-0.2, -0.15) is 0 Å². The van der Waals surface area contributed by atoms with Gasteiger partial charge in [0.1, 0.15) is 0 Å². The van der Waals surface area contributed by atoms with E-state index in [2.05, 4.69) is 97.1 Å². The smallest absolute Gasteiger partial charge is 0.0246 e. The van der Waals surface area contributed by atoms with Gasteiger partial charge in [-0.15, -0.1) is 0 Å². The van der Waals surface area contributed by atoms with Crippen LogP contribution in [0.1, 0.15) is 36.3 Å². The summed E-state index contributed by atoms with van der Waals surface area (Å²) in [6.45, 7) is 0. The number of benzene rings is 3. The number of hydrogen-bond acceptors (Lipinski definition) is 0. The molecule has 0 nitrogen and oxygen atoms in total. The first-order chi connectivity index (χ1) is 14.4. The van der Waals surface area contributed by atoms with E-state index >= 15 is 0 Å². The molecule has 0 aliphatic heterocycles. The minimum absolute atomic E-state index is 0. The molecule has 3 aliphatic rings. The molecule has 3 aromatic rings. The molecule has 0 radical (unpaired) electrons. The summed E-state index contributed by atoms with van der Waals surface area (Å²) in [5.41, 5.74) is 8.98. The normalized spacial score (nSPS) is 16.8. The molecule has 0 spiro atoms. The quantitative estimate of drug-likeness (QED) is 0.353. The van der Waals surface area contributed by atoms with E-state index in [1.54, 1.807) is 5.57 Å². The van der Waals surface area contributed by atoms with Crippen molar-refractivity contribution in [1.82, 2.24) is 0 Å². The van der Waals surface area contributed by atoms with Crippen molar-refractivity contribution in [3.63, 3.8) is 0 Å². The summed E-state index contributed by atoms with van der Waals surface area (Å²) in [6.07, 6.45) is 12.7. The third kappa shape index (κ3) is 4.04. The van der Waals surface area contributed by atoms with Crippen molar-refractivity contribution in [2.75, 3.05) is 0 Å². The minimum Gasteiger partial charge on any atom is -1.00 e. The van der Waals surface area contributed by atoms with Crippen LogP contribution in [0.15, 0.2) is 97.1 Å². The Bertz CT molecular complexity index is 1260. The third-order valence-corrected chi connectivity index (χ3v) is 6.89. The average Bonchev–Trinajstić information content (AvgIpc) is 3.28. The van der Waals surface area contributed by atoms with Crippen LogP contribution >= 0.6 is 0 Å². The van der Waals surface area contributed by atoms with Crippen LogP contribution in [0.5, 0.6) is 0 Å².